The number of allylic oxidation sites excluding steroid dienone is 2. The van der Waals surface area contributed by atoms with Crippen LogP contribution in [-0.2, 0) is 14.0 Å². The molecule has 0 amide bonds. The lowest BCUT2D eigenvalue weighted by Crippen LogP contribution is -2.42. The quantitative estimate of drug-likeness (QED) is 0.278. The minimum Gasteiger partial charge on any atom is -0.466 e. The number of rotatable bonds is 6. The number of hydrogen-bond donors (Lipinski definition) is 0. The van der Waals surface area contributed by atoms with Crippen LogP contribution in [0.25, 0.3) is 0 Å². The van der Waals surface area contributed by atoms with E-state index < -0.39 is 16.4 Å². The molecule has 0 aromatic rings. The van der Waals surface area contributed by atoms with Crippen molar-refractivity contribution in [3.05, 3.63) is 24.3 Å². The van der Waals surface area contributed by atoms with Crippen molar-refractivity contribution in [3.8, 4) is 0 Å². The Hall–Kier alpha value is -0.656. The molecule has 0 spiro atoms. The third-order valence-corrected chi connectivity index (χ3v) is 12.7. The van der Waals surface area contributed by atoms with Crippen molar-refractivity contribution in [2.45, 2.75) is 64.1 Å². The van der Waals surface area contributed by atoms with E-state index in [-0.39, 0.29) is 11.0 Å². The maximum absolute atomic E-state index is 11.5. The van der Waals surface area contributed by atoms with Crippen LogP contribution in [0.15, 0.2) is 24.3 Å². The molecule has 1 aliphatic rings. The summed E-state index contributed by atoms with van der Waals surface area (Å²) < 4.78 is 11.2. The van der Waals surface area contributed by atoms with Gasteiger partial charge in [-0.3, -0.25) is 0 Å². The molecular weight excluding hydrogens is 332 g/mol. The normalized spacial score (nSPS) is 25.5. The minimum absolute atomic E-state index is 0.213. The Kier molecular flexibility index (Phi) is 6.87. The summed E-state index contributed by atoms with van der Waals surface area (Å²) in [7, 11) is -1.69. The third kappa shape index (κ3) is 5.43. The van der Waals surface area contributed by atoms with Gasteiger partial charge in [0, 0.05) is 18.6 Å². The molecule has 0 N–H and O–H groups in total. The van der Waals surface area contributed by atoms with Gasteiger partial charge in [-0.25, -0.2) is 4.79 Å². The van der Waals surface area contributed by atoms with Gasteiger partial charge < -0.3 is 9.16 Å². The summed E-state index contributed by atoms with van der Waals surface area (Å²) in [5.74, 6) is 0.401. The van der Waals surface area contributed by atoms with Crippen LogP contribution in [0.2, 0.25) is 43.3 Å². The van der Waals surface area contributed by atoms with Gasteiger partial charge in [0.25, 0.3) is 0 Å². The Bertz CT molecular complexity index is 496. The average Bonchev–Trinajstić information content (AvgIpc) is 2.84. The standard InChI is InChI=1S/C19H36O3Si2/c1-19(2,3)24(8,9)22-14-15-10-12-17(23(5,6)7)16(15)11-13-18(20)21-4/h10-13,15-17H,14H2,1-9H3/b13-11+/t15-,16-,17+/m0/s1. The molecule has 0 aliphatic heterocycles. The molecule has 1 rings (SSSR count). The summed E-state index contributed by atoms with van der Waals surface area (Å²) >= 11 is 0. The highest BCUT2D eigenvalue weighted by Crippen LogP contribution is 2.44. The van der Waals surface area contributed by atoms with Crippen molar-refractivity contribution >= 4 is 22.4 Å². The molecule has 3 atom stereocenters. The zero-order valence-corrected chi connectivity index (χ0v) is 19.0. The zero-order chi connectivity index (χ0) is 18.8. The largest absolute Gasteiger partial charge is 0.466 e. The van der Waals surface area contributed by atoms with Crippen molar-refractivity contribution in [2.24, 2.45) is 11.8 Å². The first-order chi connectivity index (χ1) is 10.8. The predicted octanol–water partition coefficient (Wildman–Crippen LogP) is 5.25. The second kappa shape index (κ2) is 7.71. The Balaban J connectivity index is 2.90. The zero-order valence-electron chi connectivity index (χ0n) is 17.0. The SMILES string of the molecule is COC(=O)/C=C/[C@@H]1[C@H]([Si](C)(C)C)C=C[C@H]1CO[Si](C)(C)C(C)(C)C. The number of hydrogen-bond acceptors (Lipinski definition) is 3. The fraction of sp³-hybridized carbons (Fsp3) is 0.737. The lowest BCUT2D eigenvalue weighted by molar-refractivity contribution is -0.134. The van der Waals surface area contributed by atoms with E-state index in [0.717, 1.165) is 6.61 Å². The molecular formula is C19H36O3Si2. The Morgan fingerprint density at radius 2 is 1.71 bits per heavy atom. The van der Waals surface area contributed by atoms with Crippen molar-refractivity contribution < 1.29 is 14.0 Å². The molecule has 0 aromatic heterocycles. The van der Waals surface area contributed by atoms with Crippen molar-refractivity contribution in [1.82, 2.24) is 0 Å². The van der Waals surface area contributed by atoms with Crippen molar-refractivity contribution in [2.75, 3.05) is 13.7 Å². The van der Waals surface area contributed by atoms with Crippen LogP contribution in [0.3, 0.4) is 0 Å². The fourth-order valence-electron chi connectivity index (χ4n) is 2.86. The van der Waals surface area contributed by atoms with Crippen molar-refractivity contribution in [3.63, 3.8) is 0 Å². The van der Waals surface area contributed by atoms with E-state index in [0.29, 0.717) is 17.4 Å². The Morgan fingerprint density at radius 1 is 1.12 bits per heavy atom. The number of esters is 1. The second-order valence-electron chi connectivity index (χ2n) is 9.47. The van der Waals surface area contributed by atoms with Gasteiger partial charge in [-0.1, -0.05) is 58.6 Å². The third-order valence-electron chi connectivity index (χ3n) is 5.57. The van der Waals surface area contributed by atoms with Gasteiger partial charge in [-0.05, 0) is 29.6 Å². The molecule has 0 bridgehead atoms. The first-order valence-electron chi connectivity index (χ1n) is 8.88. The maximum atomic E-state index is 11.5. The molecule has 3 nitrogen and oxygen atoms in total. The monoisotopic (exact) mass is 368 g/mol. The van der Waals surface area contributed by atoms with Gasteiger partial charge in [-0.15, -0.1) is 0 Å². The average molecular weight is 369 g/mol. The van der Waals surface area contributed by atoms with Gasteiger partial charge >= 0.3 is 5.97 Å². The van der Waals surface area contributed by atoms with E-state index in [4.69, 9.17) is 9.16 Å². The van der Waals surface area contributed by atoms with Gasteiger partial charge in [0.05, 0.1) is 15.2 Å². The second-order valence-corrected chi connectivity index (χ2v) is 19.7. The van der Waals surface area contributed by atoms with Gasteiger partial charge in [0.1, 0.15) is 0 Å². The number of carbonyl (C=O) groups excluding carboxylic acids is 1. The molecule has 5 heteroatoms. The predicted molar refractivity (Wildman–Crippen MR) is 108 cm³/mol. The number of methoxy groups -OCH3 is 1. The maximum Gasteiger partial charge on any atom is 0.330 e. The highest BCUT2D eigenvalue weighted by atomic mass is 28.4. The van der Waals surface area contributed by atoms with E-state index in [9.17, 15) is 4.79 Å². The first kappa shape index (κ1) is 21.4. The summed E-state index contributed by atoms with van der Waals surface area (Å²) in [6.45, 7) is 19.3. The number of carbonyl (C=O) groups is 1. The van der Waals surface area contributed by atoms with Gasteiger partial charge in [0.2, 0.25) is 0 Å². The topological polar surface area (TPSA) is 35.5 Å². The van der Waals surface area contributed by atoms with Crippen LogP contribution >= 0.6 is 0 Å². The first-order valence-corrected chi connectivity index (χ1v) is 15.4. The molecule has 0 aromatic carbocycles. The lowest BCUT2D eigenvalue weighted by atomic mass is 9.95. The summed E-state index contributed by atoms with van der Waals surface area (Å²) in [5.41, 5.74) is 0.534. The van der Waals surface area contributed by atoms with Crippen LogP contribution in [0.1, 0.15) is 20.8 Å². The summed E-state index contributed by atoms with van der Waals surface area (Å²) in [6.07, 6.45) is 8.30. The smallest absolute Gasteiger partial charge is 0.330 e. The molecule has 0 heterocycles. The minimum atomic E-state index is -1.76. The van der Waals surface area contributed by atoms with E-state index in [2.05, 4.69) is 71.7 Å². The molecule has 0 unspecified atom stereocenters. The summed E-state index contributed by atoms with van der Waals surface area (Å²) in [4.78, 5) is 11.5. The Morgan fingerprint density at radius 3 is 2.17 bits per heavy atom. The van der Waals surface area contributed by atoms with Crippen LogP contribution in [0.4, 0.5) is 0 Å². The lowest BCUT2D eigenvalue weighted by Gasteiger charge is -2.38. The highest BCUT2D eigenvalue weighted by Gasteiger charge is 2.41. The van der Waals surface area contributed by atoms with Gasteiger partial charge in [0.15, 0.2) is 8.32 Å². The number of ether oxygens (including phenoxy) is 1. The molecule has 1 aliphatic carbocycles. The van der Waals surface area contributed by atoms with E-state index in [1.165, 1.54) is 7.11 Å². The summed E-state index contributed by atoms with van der Waals surface area (Å²) in [5, 5.41) is 0.213. The molecule has 0 fully saturated rings. The highest BCUT2D eigenvalue weighted by molar-refractivity contribution is 6.78. The Labute approximate surface area is 150 Å². The molecule has 138 valence electrons. The summed E-state index contributed by atoms with van der Waals surface area (Å²) in [6, 6.07) is 0. The van der Waals surface area contributed by atoms with Gasteiger partial charge in [-0.2, -0.15) is 0 Å². The van der Waals surface area contributed by atoms with E-state index >= 15 is 0 Å². The fourth-order valence-corrected chi connectivity index (χ4v) is 6.10. The van der Waals surface area contributed by atoms with Crippen LogP contribution < -0.4 is 0 Å². The van der Waals surface area contributed by atoms with Crippen LogP contribution in [0, 0.1) is 11.8 Å². The molecule has 0 radical (unpaired) electrons. The van der Waals surface area contributed by atoms with Crippen LogP contribution in [-0.4, -0.2) is 36.1 Å². The van der Waals surface area contributed by atoms with E-state index in [1.807, 2.05) is 0 Å². The molecule has 0 saturated heterocycles. The molecule has 24 heavy (non-hydrogen) atoms. The van der Waals surface area contributed by atoms with E-state index in [1.54, 1.807) is 6.08 Å². The van der Waals surface area contributed by atoms with Crippen molar-refractivity contribution in [1.29, 1.82) is 0 Å². The molecule has 0 saturated carbocycles. The van der Waals surface area contributed by atoms with Crippen LogP contribution in [0.5, 0.6) is 0 Å².